The molecular formula is C66H48BBrCl2N2O2S2. The molecule has 4 aromatic heterocycles. The minimum Gasteiger partial charge on any atom is -0.399 e. The van der Waals surface area contributed by atoms with Crippen molar-refractivity contribution in [2.75, 3.05) is 0 Å². The molecule has 370 valence electrons. The van der Waals surface area contributed by atoms with Crippen LogP contribution < -0.4 is 5.46 Å². The number of thiophene rings is 2. The molecule has 1 aliphatic heterocycles. The number of aromatic nitrogens is 2. The molecule has 0 amide bonds. The van der Waals surface area contributed by atoms with Crippen LogP contribution in [0.1, 0.15) is 27.7 Å². The summed E-state index contributed by atoms with van der Waals surface area (Å²) >= 11 is 19.4. The van der Waals surface area contributed by atoms with E-state index in [0.717, 1.165) is 25.7 Å². The van der Waals surface area contributed by atoms with Crippen LogP contribution in [0.4, 0.5) is 0 Å². The molecule has 1 aliphatic rings. The maximum absolute atomic E-state index is 6.31. The Bertz CT molecular complexity index is 4470. The van der Waals surface area contributed by atoms with Crippen LogP contribution in [0.15, 0.2) is 223 Å². The average Bonchev–Trinajstić information content (AvgIpc) is 4.22. The Hall–Kier alpha value is -6.72. The summed E-state index contributed by atoms with van der Waals surface area (Å²) in [6, 6.07) is 77.0. The van der Waals surface area contributed by atoms with Gasteiger partial charge in [-0.05, 0) is 160 Å². The van der Waals surface area contributed by atoms with Crippen molar-refractivity contribution in [1.82, 2.24) is 9.13 Å². The highest BCUT2D eigenvalue weighted by Crippen LogP contribution is 2.42. The Balaban J connectivity index is 0.000000116. The van der Waals surface area contributed by atoms with Gasteiger partial charge in [0, 0.05) is 87.8 Å². The first-order chi connectivity index (χ1) is 36.9. The molecule has 1 fully saturated rings. The van der Waals surface area contributed by atoms with Crippen molar-refractivity contribution < 1.29 is 9.31 Å². The van der Waals surface area contributed by atoms with E-state index in [4.69, 9.17) is 32.5 Å². The highest BCUT2D eigenvalue weighted by atomic mass is 79.9. The van der Waals surface area contributed by atoms with Crippen molar-refractivity contribution in [1.29, 1.82) is 0 Å². The number of benzene rings is 10. The van der Waals surface area contributed by atoms with Gasteiger partial charge < -0.3 is 18.4 Å². The van der Waals surface area contributed by atoms with Crippen molar-refractivity contribution in [2.45, 2.75) is 38.9 Å². The van der Waals surface area contributed by atoms with Gasteiger partial charge in [0.2, 0.25) is 0 Å². The lowest BCUT2D eigenvalue weighted by molar-refractivity contribution is 0.00578. The highest BCUT2D eigenvalue weighted by Gasteiger charge is 2.51. The Labute approximate surface area is 467 Å². The fraction of sp³-hybridized carbons (Fsp3) is 0.0909. The van der Waals surface area contributed by atoms with Crippen LogP contribution in [0, 0.1) is 0 Å². The third-order valence-electron chi connectivity index (χ3n) is 15.1. The fourth-order valence-corrected chi connectivity index (χ4v) is 13.5. The molecule has 4 nitrogen and oxygen atoms in total. The largest absolute Gasteiger partial charge is 0.494 e. The summed E-state index contributed by atoms with van der Waals surface area (Å²) in [6.45, 7) is 8.36. The molecule has 1 saturated heterocycles. The standard InChI is InChI=1S/C30H18ClNS.C24H24BNO2.C12H6BrClS/c31-21-12-15-30-26(18-21)25-16-19(11-14-29(25)33-30)20-10-13-24-23-8-4-5-9-27(23)32(28(24)17-20)22-6-2-1-3-7-22;1-23(2)24(3,4)28-25(27-23)17-14-15-20-19-12-8-9-13-21(19)26(22(20)16-17)18-10-6-5-7-11-18;13-7-1-3-11-9(5-7)10-6-8(14)2-4-12(10)15-11/h1-18H;5-16H,1-4H3;1-6H. The van der Waals surface area contributed by atoms with E-state index in [9.17, 15) is 0 Å². The topological polar surface area (TPSA) is 28.3 Å². The first kappa shape index (κ1) is 48.9. The highest BCUT2D eigenvalue weighted by molar-refractivity contribution is 9.10. The molecule has 0 aliphatic carbocycles. The quantitative estimate of drug-likeness (QED) is 0.164. The van der Waals surface area contributed by atoms with Crippen LogP contribution in [0.5, 0.6) is 0 Å². The molecule has 0 atom stereocenters. The second kappa shape index (κ2) is 19.4. The monoisotopic (exact) mass is 1120 g/mol. The van der Waals surface area contributed by atoms with E-state index in [1.54, 1.807) is 11.3 Å². The molecule has 0 saturated carbocycles. The molecule has 5 heterocycles. The minimum atomic E-state index is -0.364. The van der Waals surface area contributed by atoms with E-state index in [1.165, 1.54) is 101 Å². The zero-order valence-electron chi connectivity index (χ0n) is 42.0. The third kappa shape index (κ3) is 8.70. The fourth-order valence-electron chi connectivity index (χ4n) is 10.6. The number of hydrogen-bond acceptors (Lipinski definition) is 4. The van der Waals surface area contributed by atoms with E-state index >= 15 is 0 Å². The van der Waals surface area contributed by atoms with Gasteiger partial charge in [0.15, 0.2) is 0 Å². The second-order valence-corrected chi connectivity index (χ2v) is 24.3. The van der Waals surface area contributed by atoms with Gasteiger partial charge in [-0.25, -0.2) is 0 Å². The summed E-state index contributed by atoms with van der Waals surface area (Å²) in [5.74, 6) is 0. The normalized spacial score (nSPS) is 14.1. The molecule has 0 radical (unpaired) electrons. The molecule has 14 aromatic rings. The van der Waals surface area contributed by atoms with E-state index in [-0.39, 0.29) is 18.3 Å². The predicted octanol–water partition coefficient (Wildman–Crippen LogP) is 20.0. The number of halogens is 3. The summed E-state index contributed by atoms with van der Waals surface area (Å²) in [7, 11) is -0.364. The van der Waals surface area contributed by atoms with Gasteiger partial charge in [0.1, 0.15) is 0 Å². The zero-order chi connectivity index (χ0) is 51.9. The van der Waals surface area contributed by atoms with E-state index < -0.39 is 0 Å². The van der Waals surface area contributed by atoms with Crippen LogP contribution in [-0.2, 0) is 9.31 Å². The Morgan fingerprint density at radius 2 is 0.789 bits per heavy atom. The lowest BCUT2D eigenvalue weighted by atomic mass is 9.79. The van der Waals surface area contributed by atoms with E-state index in [1.807, 2.05) is 35.6 Å². The van der Waals surface area contributed by atoms with Gasteiger partial charge in [-0.1, -0.05) is 142 Å². The molecule has 0 N–H and O–H groups in total. The maximum Gasteiger partial charge on any atom is 0.494 e. The van der Waals surface area contributed by atoms with E-state index in [0.29, 0.717) is 0 Å². The first-order valence-corrected chi connectivity index (χ1v) is 28.5. The summed E-state index contributed by atoms with van der Waals surface area (Å²) < 4.78 is 23.5. The summed E-state index contributed by atoms with van der Waals surface area (Å²) in [4.78, 5) is 0. The molecular weight excluding hydrogens is 1080 g/mol. The maximum atomic E-state index is 6.31. The zero-order valence-corrected chi connectivity index (χ0v) is 46.8. The van der Waals surface area contributed by atoms with Gasteiger partial charge >= 0.3 is 7.12 Å². The Kier molecular flexibility index (Phi) is 12.5. The summed E-state index contributed by atoms with van der Waals surface area (Å²) in [5, 5.41) is 11.6. The number of para-hydroxylation sites is 4. The van der Waals surface area contributed by atoms with Crippen LogP contribution in [0.25, 0.3) is 106 Å². The molecule has 0 unspecified atom stereocenters. The number of fused-ring (bicyclic) bond motifs is 12. The molecule has 10 heteroatoms. The van der Waals surface area contributed by atoms with Gasteiger partial charge in [-0.15, -0.1) is 22.7 Å². The van der Waals surface area contributed by atoms with Gasteiger partial charge in [0.05, 0.1) is 33.3 Å². The Morgan fingerprint density at radius 3 is 1.34 bits per heavy atom. The summed E-state index contributed by atoms with van der Waals surface area (Å²) in [6.07, 6.45) is 0. The van der Waals surface area contributed by atoms with Crippen LogP contribution in [-0.4, -0.2) is 27.5 Å². The number of nitrogens with zero attached hydrogens (tertiary/aromatic N) is 2. The van der Waals surface area contributed by atoms with Gasteiger partial charge in [-0.3, -0.25) is 0 Å². The number of hydrogen-bond donors (Lipinski definition) is 0. The molecule has 76 heavy (non-hydrogen) atoms. The van der Waals surface area contributed by atoms with Crippen LogP contribution >= 0.6 is 61.8 Å². The van der Waals surface area contributed by atoms with Crippen molar-refractivity contribution >= 4 is 158 Å². The lowest BCUT2D eigenvalue weighted by Gasteiger charge is -2.32. The number of rotatable bonds is 4. The molecule has 10 aromatic carbocycles. The lowest BCUT2D eigenvalue weighted by Crippen LogP contribution is -2.41. The van der Waals surface area contributed by atoms with Crippen molar-refractivity contribution in [3.8, 4) is 22.5 Å². The van der Waals surface area contributed by atoms with Crippen LogP contribution in [0.2, 0.25) is 10.0 Å². The molecule has 0 bridgehead atoms. The minimum absolute atomic E-state index is 0.348. The first-order valence-electron chi connectivity index (χ1n) is 25.3. The van der Waals surface area contributed by atoms with Crippen molar-refractivity contribution in [3.63, 3.8) is 0 Å². The molecule has 15 rings (SSSR count). The van der Waals surface area contributed by atoms with Crippen molar-refractivity contribution in [3.05, 3.63) is 233 Å². The third-order valence-corrected chi connectivity index (χ3v) is 18.4. The smallest absolute Gasteiger partial charge is 0.399 e. The SMILES string of the molecule is CC1(C)OB(c2ccc3c4ccccc4n(-c4ccccc4)c3c2)OC1(C)C.Clc1ccc2sc3ccc(-c4ccc5c6ccccc6n(-c6ccccc6)c5c4)cc3c2c1.Clc1ccc2sc3ccc(Br)cc3c2c1. The van der Waals surface area contributed by atoms with Crippen molar-refractivity contribution in [2.24, 2.45) is 0 Å². The van der Waals surface area contributed by atoms with Gasteiger partial charge in [-0.2, -0.15) is 0 Å². The summed E-state index contributed by atoms with van der Waals surface area (Å²) in [5.41, 5.74) is 9.93. The average molecular weight is 1130 g/mol. The van der Waals surface area contributed by atoms with Crippen LogP contribution in [0.3, 0.4) is 0 Å². The van der Waals surface area contributed by atoms with Gasteiger partial charge in [0.25, 0.3) is 0 Å². The Morgan fingerprint density at radius 1 is 0.382 bits per heavy atom. The van der Waals surface area contributed by atoms with E-state index in [2.05, 4.69) is 247 Å². The molecule has 0 spiro atoms. The second-order valence-electron chi connectivity index (χ2n) is 20.3. The predicted molar refractivity (Wildman–Crippen MR) is 333 cm³/mol.